The molecule has 0 aliphatic carbocycles. The first-order valence-corrected chi connectivity index (χ1v) is 14.8. The molecule has 7 heteroatoms. The minimum atomic E-state index is -0.311. The van der Waals surface area contributed by atoms with Gasteiger partial charge in [0, 0.05) is 39.5 Å². The van der Waals surface area contributed by atoms with Gasteiger partial charge in [-0.15, -0.1) is 0 Å². The maximum absolute atomic E-state index is 13.0. The van der Waals surface area contributed by atoms with Crippen molar-refractivity contribution in [3.8, 4) is 0 Å². The number of hydrogen-bond donors (Lipinski definition) is 1. The van der Waals surface area contributed by atoms with Gasteiger partial charge in [0.05, 0.1) is 22.0 Å². The van der Waals surface area contributed by atoms with E-state index in [0.29, 0.717) is 23.0 Å². The van der Waals surface area contributed by atoms with E-state index in [4.69, 9.17) is 23.2 Å². The zero-order valence-electron chi connectivity index (χ0n) is 23.4. The highest BCUT2D eigenvalue weighted by atomic mass is 35.5. The van der Waals surface area contributed by atoms with E-state index in [1.54, 1.807) is 6.92 Å². The Morgan fingerprint density at radius 2 is 1.60 bits per heavy atom. The van der Waals surface area contributed by atoms with Gasteiger partial charge >= 0.3 is 0 Å². The number of likely N-dealkylation sites (N-methyl/N-ethyl adjacent to an activating group) is 1. The zero-order valence-corrected chi connectivity index (χ0v) is 24.9. The number of rotatable bonds is 11. The normalized spacial score (nSPS) is 15.8. The van der Waals surface area contributed by atoms with Crippen LogP contribution in [0.2, 0.25) is 10.0 Å². The van der Waals surface area contributed by atoms with Crippen LogP contribution < -0.4 is 5.32 Å². The third-order valence-electron chi connectivity index (χ3n) is 8.01. The Morgan fingerprint density at radius 3 is 2.23 bits per heavy atom. The first kappa shape index (κ1) is 30.1. The van der Waals surface area contributed by atoms with Crippen LogP contribution in [0, 0.1) is 0 Å². The van der Waals surface area contributed by atoms with Crippen molar-refractivity contribution in [2.75, 3.05) is 33.2 Å². The van der Waals surface area contributed by atoms with Crippen molar-refractivity contribution < 1.29 is 9.59 Å². The summed E-state index contributed by atoms with van der Waals surface area (Å²) in [5.41, 5.74) is 2.98. The van der Waals surface area contributed by atoms with Gasteiger partial charge in [-0.25, -0.2) is 0 Å². The first-order chi connectivity index (χ1) is 19.3. The Hall–Kier alpha value is -2.86. The number of benzene rings is 3. The molecule has 212 valence electrons. The van der Waals surface area contributed by atoms with Crippen LogP contribution in [0.15, 0.2) is 78.9 Å². The number of nitrogens with one attached hydrogen (secondary N) is 1. The Bertz CT molecular complexity index is 1260. The number of carbonyl (C=O) groups excluding carboxylic acids is 2. The highest BCUT2D eigenvalue weighted by Crippen LogP contribution is 2.34. The Labute approximate surface area is 248 Å². The molecule has 0 radical (unpaired) electrons. The van der Waals surface area contributed by atoms with Gasteiger partial charge in [-0.05, 0) is 61.1 Å². The minimum absolute atomic E-state index is 0.00713. The summed E-state index contributed by atoms with van der Waals surface area (Å²) in [6.07, 6.45) is 4.06. The molecule has 0 bridgehead atoms. The molecule has 0 spiro atoms. The second-order valence-corrected chi connectivity index (χ2v) is 11.7. The van der Waals surface area contributed by atoms with E-state index in [-0.39, 0.29) is 23.3 Å². The van der Waals surface area contributed by atoms with Crippen LogP contribution in [0.4, 0.5) is 0 Å². The summed E-state index contributed by atoms with van der Waals surface area (Å²) in [6, 6.07) is 26.0. The van der Waals surface area contributed by atoms with Crippen LogP contribution >= 0.6 is 23.2 Å². The molecule has 1 fully saturated rings. The molecule has 1 atom stereocenters. The van der Waals surface area contributed by atoms with E-state index >= 15 is 0 Å². The molecule has 1 N–H and O–H groups in total. The highest BCUT2D eigenvalue weighted by molar-refractivity contribution is 6.42. The Morgan fingerprint density at radius 1 is 0.950 bits per heavy atom. The fourth-order valence-corrected chi connectivity index (χ4v) is 6.07. The molecule has 40 heavy (non-hydrogen) atoms. The summed E-state index contributed by atoms with van der Waals surface area (Å²) in [6.45, 7) is 5.01. The zero-order chi connectivity index (χ0) is 28.5. The average Bonchev–Trinajstić information content (AvgIpc) is 2.95. The second-order valence-electron chi connectivity index (χ2n) is 10.9. The van der Waals surface area contributed by atoms with Crippen LogP contribution in [0.5, 0.6) is 0 Å². The molecular weight excluding hydrogens is 541 g/mol. The summed E-state index contributed by atoms with van der Waals surface area (Å²) in [5.74, 6) is 0.252. The van der Waals surface area contributed by atoms with Crippen molar-refractivity contribution in [1.29, 1.82) is 0 Å². The number of halogens is 2. The summed E-state index contributed by atoms with van der Waals surface area (Å²) < 4.78 is 0. The first-order valence-electron chi connectivity index (χ1n) is 14.1. The molecule has 0 aromatic heterocycles. The summed E-state index contributed by atoms with van der Waals surface area (Å²) in [5, 5.41) is 4.33. The molecule has 0 saturated carbocycles. The molecule has 5 nitrogen and oxygen atoms in total. The molecule has 1 heterocycles. The number of nitrogens with zero attached hydrogens (tertiary/aromatic N) is 2. The molecule has 1 aliphatic heterocycles. The topological polar surface area (TPSA) is 52.7 Å². The molecule has 2 amide bonds. The van der Waals surface area contributed by atoms with Gasteiger partial charge < -0.3 is 15.1 Å². The van der Waals surface area contributed by atoms with E-state index in [0.717, 1.165) is 56.4 Å². The van der Waals surface area contributed by atoms with Crippen molar-refractivity contribution in [3.63, 3.8) is 0 Å². The summed E-state index contributed by atoms with van der Waals surface area (Å²) >= 11 is 12.6. The lowest BCUT2D eigenvalue weighted by Crippen LogP contribution is -2.52. The van der Waals surface area contributed by atoms with Crippen molar-refractivity contribution >= 4 is 35.0 Å². The van der Waals surface area contributed by atoms with Crippen molar-refractivity contribution in [1.82, 2.24) is 15.1 Å². The molecule has 3 aromatic carbocycles. The smallest absolute Gasteiger partial charge is 0.226 e. The summed E-state index contributed by atoms with van der Waals surface area (Å²) in [7, 11) is 1.88. The number of hydrogen-bond acceptors (Lipinski definition) is 3. The van der Waals surface area contributed by atoms with E-state index in [9.17, 15) is 9.59 Å². The molecule has 1 unspecified atom stereocenters. The van der Waals surface area contributed by atoms with Crippen LogP contribution in [0.25, 0.3) is 0 Å². The molecule has 3 aromatic rings. The average molecular weight is 581 g/mol. The lowest BCUT2D eigenvalue weighted by Gasteiger charge is -2.43. The van der Waals surface area contributed by atoms with Gasteiger partial charge in [0.25, 0.3) is 0 Å². The fourth-order valence-electron chi connectivity index (χ4n) is 5.77. The minimum Gasteiger partial charge on any atom is -0.347 e. The van der Waals surface area contributed by atoms with E-state index in [1.165, 1.54) is 5.56 Å². The van der Waals surface area contributed by atoms with E-state index < -0.39 is 0 Å². The number of amides is 2. The van der Waals surface area contributed by atoms with Crippen LogP contribution in [-0.4, -0.2) is 54.8 Å². The third kappa shape index (κ3) is 8.09. The number of piperidine rings is 1. The van der Waals surface area contributed by atoms with Crippen molar-refractivity contribution in [2.45, 2.75) is 50.5 Å². The standard InChI is InChI=1S/C33H39Cl2N3O2/c1-25(39)36-33(29-13-7-4-8-14-29)17-20-38(21-18-33)19-9-12-28(27-15-16-30(34)31(35)23-27)24-37(2)32(40)22-26-10-5-3-6-11-26/h3-8,10-11,13-16,23,28H,9,12,17-22,24H2,1-2H3,(H,36,39). The Balaban J connectivity index is 1.37. The lowest BCUT2D eigenvalue weighted by molar-refractivity contribution is -0.129. The number of carbonyl (C=O) groups is 2. The highest BCUT2D eigenvalue weighted by Gasteiger charge is 2.36. The fraction of sp³-hybridized carbons (Fsp3) is 0.394. The number of likely N-dealkylation sites (tertiary alicyclic amines) is 1. The van der Waals surface area contributed by atoms with E-state index in [2.05, 4.69) is 22.3 Å². The largest absolute Gasteiger partial charge is 0.347 e. The van der Waals surface area contributed by atoms with Crippen LogP contribution in [0.3, 0.4) is 0 Å². The van der Waals surface area contributed by atoms with Gasteiger partial charge in [-0.2, -0.15) is 0 Å². The van der Waals surface area contributed by atoms with Gasteiger partial charge in [-0.1, -0.05) is 89.9 Å². The molecule has 4 rings (SSSR count). The van der Waals surface area contributed by atoms with Crippen LogP contribution in [-0.2, 0) is 21.5 Å². The van der Waals surface area contributed by atoms with Gasteiger partial charge in [0.1, 0.15) is 0 Å². The van der Waals surface area contributed by atoms with Crippen molar-refractivity contribution in [3.05, 3.63) is 106 Å². The third-order valence-corrected chi connectivity index (χ3v) is 8.75. The summed E-state index contributed by atoms with van der Waals surface area (Å²) in [4.78, 5) is 29.4. The SMILES string of the molecule is CC(=O)NC1(c2ccccc2)CCN(CCCC(CN(C)C(=O)Cc2ccccc2)c2ccc(Cl)c(Cl)c2)CC1. The molecular formula is C33H39Cl2N3O2. The monoisotopic (exact) mass is 579 g/mol. The van der Waals surface area contributed by atoms with Crippen molar-refractivity contribution in [2.24, 2.45) is 0 Å². The quantitative estimate of drug-likeness (QED) is 0.275. The maximum Gasteiger partial charge on any atom is 0.226 e. The maximum atomic E-state index is 13.0. The van der Waals surface area contributed by atoms with E-state index in [1.807, 2.05) is 78.7 Å². The molecule has 1 aliphatic rings. The van der Waals surface area contributed by atoms with Crippen LogP contribution in [0.1, 0.15) is 55.2 Å². The lowest BCUT2D eigenvalue weighted by atomic mass is 9.80. The van der Waals surface area contributed by atoms with Gasteiger partial charge in [-0.3, -0.25) is 9.59 Å². The van der Waals surface area contributed by atoms with Gasteiger partial charge in [0.15, 0.2) is 0 Å². The predicted octanol–water partition coefficient (Wildman–Crippen LogP) is 6.69. The second kappa shape index (κ2) is 14.2. The Kier molecular flexibility index (Phi) is 10.7. The predicted molar refractivity (Wildman–Crippen MR) is 164 cm³/mol. The molecule has 1 saturated heterocycles. The van der Waals surface area contributed by atoms with Gasteiger partial charge in [0.2, 0.25) is 11.8 Å².